The number of halogens is 1. The summed E-state index contributed by atoms with van der Waals surface area (Å²) in [5, 5.41) is 6.17. The maximum Gasteiger partial charge on any atom is 0.240 e. The number of amides is 2. The summed E-state index contributed by atoms with van der Waals surface area (Å²) in [4.78, 5) is 29.0. The lowest BCUT2D eigenvalue weighted by Gasteiger charge is -2.10. The van der Waals surface area contributed by atoms with Gasteiger partial charge >= 0.3 is 0 Å². The van der Waals surface area contributed by atoms with Gasteiger partial charge in [0.05, 0.1) is 5.69 Å². The van der Waals surface area contributed by atoms with Crippen molar-refractivity contribution in [1.82, 2.24) is 5.32 Å². The Labute approximate surface area is 167 Å². The van der Waals surface area contributed by atoms with Gasteiger partial charge in [0, 0.05) is 17.1 Å². The molecular formula is C20H20ClN3O2S. The largest absolute Gasteiger partial charge is 0.326 e. The zero-order valence-corrected chi connectivity index (χ0v) is 16.9. The average molecular weight is 402 g/mol. The third kappa shape index (κ3) is 4.90. The van der Waals surface area contributed by atoms with Gasteiger partial charge in [-0.1, -0.05) is 35.5 Å². The molecule has 1 aliphatic rings. The van der Waals surface area contributed by atoms with Gasteiger partial charge in [0.25, 0.3) is 0 Å². The molecule has 1 saturated heterocycles. The standard InChI is InChI=1S/C20H20ClN3O2S/c1-11-7-12(2)9-14(8-11)22-20-24-19(26)17(27-20)10-18(25)23-16-6-4-5-15(21)13(16)3/h4-9,17H,10H2,1-3H3,(H,23,25)(H,22,24,26)/t17-/m0/s1. The third-order valence-corrected chi connectivity index (χ3v) is 5.62. The maximum absolute atomic E-state index is 12.3. The molecule has 3 rings (SSSR count). The van der Waals surface area contributed by atoms with E-state index in [0.717, 1.165) is 22.4 Å². The summed E-state index contributed by atoms with van der Waals surface area (Å²) < 4.78 is 0. The fourth-order valence-electron chi connectivity index (χ4n) is 2.84. The van der Waals surface area contributed by atoms with Crippen LogP contribution in [0.5, 0.6) is 0 Å². The molecule has 0 aromatic heterocycles. The van der Waals surface area contributed by atoms with Crippen molar-refractivity contribution >= 4 is 51.7 Å². The Balaban J connectivity index is 1.66. The van der Waals surface area contributed by atoms with Crippen molar-refractivity contribution in [1.29, 1.82) is 0 Å². The highest BCUT2D eigenvalue weighted by atomic mass is 35.5. The van der Waals surface area contributed by atoms with Crippen LogP contribution >= 0.6 is 23.4 Å². The van der Waals surface area contributed by atoms with E-state index in [1.165, 1.54) is 11.8 Å². The molecule has 0 unspecified atom stereocenters. The Morgan fingerprint density at radius 1 is 1.22 bits per heavy atom. The van der Waals surface area contributed by atoms with Crippen LogP contribution in [-0.2, 0) is 9.59 Å². The number of nitrogens with zero attached hydrogens (tertiary/aromatic N) is 1. The van der Waals surface area contributed by atoms with Gasteiger partial charge < -0.3 is 10.6 Å². The molecular weight excluding hydrogens is 382 g/mol. The fraction of sp³-hybridized carbons (Fsp3) is 0.250. The maximum atomic E-state index is 12.3. The first-order valence-electron chi connectivity index (χ1n) is 8.51. The number of benzene rings is 2. The van der Waals surface area contributed by atoms with Crippen molar-refractivity contribution in [2.45, 2.75) is 32.4 Å². The zero-order valence-electron chi connectivity index (χ0n) is 15.3. The highest BCUT2D eigenvalue weighted by Gasteiger charge is 2.32. The number of amidine groups is 1. The molecule has 2 aromatic rings. The number of aliphatic imine (C=N–C) groups is 1. The number of hydrogen-bond donors (Lipinski definition) is 2. The van der Waals surface area contributed by atoms with Crippen LogP contribution in [0.25, 0.3) is 0 Å². The molecule has 2 aromatic carbocycles. The minimum atomic E-state index is -0.505. The molecule has 27 heavy (non-hydrogen) atoms. The van der Waals surface area contributed by atoms with Gasteiger partial charge in [-0.15, -0.1) is 0 Å². The summed E-state index contributed by atoms with van der Waals surface area (Å²) in [6.07, 6.45) is 0.0638. The van der Waals surface area contributed by atoms with Crippen molar-refractivity contribution in [2.24, 2.45) is 4.99 Å². The highest BCUT2D eigenvalue weighted by Crippen LogP contribution is 2.27. The van der Waals surface area contributed by atoms with Crippen molar-refractivity contribution in [2.75, 3.05) is 5.32 Å². The molecule has 0 radical (unpaired) electrons. The predicted octanol–water partition coefficient (Wildman–Crippen LogP) is 4.51. The van der Waals surface area contributed by atoms with Gasteiger partial charge in [0.15, 0.2) is 5.17 Å². The van der Waals surface area contributed by atoms with Crippen LogP contribution in [0.3, 0.4) is 0 Å². The lowest BCUT2D eigenvalue weighted by atomic mass is 10.1. The smallest absolute Gasteiger partial charge is 0.240 e. The summed E-state index contributed by atoms with van der Waals surface area (Å²) in [5.74, 6) is -0.443. The molecule has 0 saturated carbocycles. The minimum Gasteiger partial charge on any atom is -0.326 e. The van der Waals surface area contributed by atoms with Gasteiger partial charge in [0.2, 0.25) is 11.8 Å². The van der Waals surface area contributed by atoms with Crippen molar-refractivity contribution in [3.8, 4) is 0 Å². The van der Waals surface area contributed by atoms with Crippen molar-refractivity contribution in [3.05, 3.63) is 58.1 Å². The van der Waals surface area contributed by atoms with Crippen LogP contribution in [0.2, 0.25) is 5.02 Å². The normalized spacial score (nSPS) is 17.9. The van der Waals surface area contributed by atoms with E-state index in [0.29, 0.717) is 15.9 Å². The first-order valence-corrected chi connectivity index (χ1v) is 9.77. The van der Waals surface area contributed by atoms with Crippen LogP contribution < -0.4 is 10.6 Å². The molecule has 5 nitrogen and oxygen atoms in total. The van der Waals surface area contributed by atoms with E-state index in [4.69, 9.17) is 11.6 Å². The SMILES string of the molecule is Cc1cc(C)cc(N=C2NC(=O)[C@H](CC(=O)Nc3cccc(Cl)c3C)S2)c1. The first kappa shape index (κ1) is 19.5. The van der Waals surface area contributed by atoms with Crippen LogP contribution in [-0.4, -0.2) is 22.2 Å². The third-order valence-electron chi connectivity index (χ3n) is 4.13. The lowest BCUT2D eigenvalue weighted by Crippen LogP contribution is -2.28. The van der Waals surface area contributed by atoms with E-state index in [2.05, 4.69) is 21.7 Å². The van der Waals surface area contributed by atoms with E-state index in [9.17, 15) is 9.59 Å². The molecule has 140 valence electrons. The number of aryl methyl sites for hydroxylation is 2. The summed E-state index contributed by atoms with van der Waals surface area (Å²) in [5.41, 5.74) is 4.45. The topological polar surface area (TPSA) is 70.6 Å². The van der Waals surface area contributed by atoms with Crippen LogP contribution in [0.15, 0.2) is 41.4 Å². The lowest BCUT2D eigenvalue weighted by molar-refractivity contribution is -0.122. The van der Waals surface area contributed by atoms with Gasteiger partial charge in [-0.05, 0) is 61.7 Å². The molecule has 1 atom stereocenters. The van der Waals surface area contributed by atoms with Crippen molar-refractivity contribution in [3.63, 3.8) is 0 Å². The molecule has 2 amide bonds. The Morgan fingerprint density at radius 3 is 2.63 bits per heavy atom. The average Bonchev–Trinajstić information content (AvgIpc) is 2.90. The number of rotatable bonds is 4. The quantitative estimate of drug-likeness (QED) is 0.791. The van der Waals surface area contributed by atoms with Gasteiger partial charge in [-0.2, -0.15) is 0 Å². The summed E-state index contributed by atoms with van der Waals surface area (Å²) in [6, 6.07) is 11.3. The van der Waals surface area contributed by atoms with Crippen molar-refractivity contribution < 1.29 is 9.59 Å². The molecule has 1 heterocycles. The van der Waals surface area contributed by atoms with E-state index in [1.807, 2.05) is 32.9 Å². The number of anilines is 1. The van der Waals surface area contributed by atoms with Gasteiger partial charge in [-0.25, -0.2) is 4.99 Å². The Kier molecular flexibility index (Phi) is 5.87. The molecule has 1 aliphatic heterocycles. The van der Waals surface area contributed by atoms with E-state index < -0.39 is 5.25 Å². The second kappa shape index (κ2) is 8.15. The number of nitrogens with one attached hydrogen (secondary N) is 2. The Hall–Kier alpha value is -2.31. The Morgan fingerprint density at radius 2 is 1.93 bits per heavy atom. The van der Waals surface area contributed by atoms with E-state index in [1.54, 1.807) is 18.2 Å². The summed E-state index contributed by atoms with van der Waals surface area (Å²) in [6.45, 7) is 5.84. The fourth-order valence-corrected chi connectivity index (χ4v) is 4.00. The second-order valence-corrected chi connectivity index (χ2v) is 8.12. The zero-order chi connectivity index (χ0) is 19.6. The van der Waals surface area contributed by atoms with E-state index >= 15 is 0 Å². The monoisotopic (exact) mass is 401 g/mol. The molecule has 1 fully saturated rings. The van der Waals surface area contributed by atoms with Crippen LogP contribution in [0, 0.1) is 20.8 Å². The number of thioether (sulfide) groups is 1. The first-order chi connectivity index (χ1) is 12.8. The second-order valence-electron chi connectivity index (χ2n) is 6.52. The molecule has 7 heteroatoms. The Bertz CT molecular complexity index is 923. The molecule has 0 bridgehead atoms. The summed E-state index contributed by atoms with van der Waals surface area (Å²) in [7, 11) is 0. The number of carbonyl (C=O) groups excluding carboxylic acids is 2. The predicted molar refractivity (Wildman–Crippen MR) is 112 cm³/mol. The summed E-state index contributed by atoms with van der Waals surface area (Å²) >= 11 is 7.35. The van der Waals surface area contributed by atoms with Gasteiger partial charge in [0.1, 0.15) is 5.25 Å². The van der Waals surface area contributed by atoms with Gasteiger partial charge in [-0.3, -0.25) is 9.59 Å². The molecule has 0 spiro atoms. The minimum absolute atomic E-state index is 0.0638. The van der Waals surface area contributed by atoms with Crippen LogP contribution in [0.1, 0.15) is 23.1 Å². The van der Waals surface area contributed by atoms with Crippen LogP contribution in [0.4, 0.5) is 11.4 Å². The number of carbonyl (C=O) groups is 2. The highest BCUT2D eigenvalue weighted by molar-refractivity contribution is 8.15. The van der Waals surface area contributed by atoms with E-state index in [-0.39, 0.29) is 18.2 Å². The number of hydrogen-bond acceptors (Lipinski definition) is 4. The molecule has 2 N–H and O–H groups in total. The molecule has 0 aliphatic carbocycles.